The number of aromatic nitrogens is 2. The molecule has 0 radical (unpaired) electrons. The van der Waals surface area contributed by atoms with Crippen molar-refractivity contribution in [3.8, 4) is 22.9 Å². The first-order valence-corrected chi connectivity index (χ1v) is 14.4. The minimum atomic E-state index is 0.438. The summed E-state index contributed by atoms with van der Waals surface area (Å²) in [4.78, 5) is 5.32. The highest BCUT2D eigenvalue weighted by molar-refractivity contribution is 6.05. The maximum Gasteiger partial charge on any atom is 0.294 e. The minimum Gasteiger partial charge on any atom is -0.433 e. The number of hydrogen-bond acceptors (Lipinski definition) is 2. The molecule has 1 aliphatic heterocycles. The monoisotopic (exact) mass is 493 g/mol. The number of ether oxygens (including phenoxy) is 1. The van der Waals surface area contributed by atoms with E-state index in [9.17, 15) is 0 Å². The number of benzene rings is 3. The van der Waals surface area contributed by atoms with Crippen LogP contribution in [0.4, 0.5) is 0 Å². The third-order valence-electron chi connectivity index (χ3n) is 10.00. The Balaban J connectivity index is 1.55. The van der Waals surface area contributed by atoms with E-state index in [1.54, 1.807) is 0 Å². The Hall–Kier alpha value is -2.94. The van der Waals surface area contributed by atoms with E-state index in [2.05, 4.69) is 89.6 Å². The van der Waals surface area contributed by atoms with E-state index < -0.39 is 0 Å². The molecule has 0 saturated heterocycles. The van der Waals surface area contributed by atoms with Crippen LogP contribution in [-0.4, -0.2) is 4.98 Å². The minimum absolute atomic E-state index is 0.438. The molecule has 3 aromatic carbocycles. The van der Waals surface area contributed by atoms with E-state index >= 15 is 0 Å². The van der Waals surface area contributed by atoms with Crippen molar-refractivity contribution in [1.82, 2.24) is 4.98 Å². The molecule has 1 aliphatic carbocycles. The summed E-state index contributed by atoms with van der Waals surface area (Å²) in [6.45, 7) is 13.7. The van der Waals surface area contributed by atoms with Crippen molar-refractivity contribution in [1.29, 1.82) is 0 Å². The lowest BCUT2D eigenvalue weighted by Gasteiger charge is -2.39. The van der Waals surface area contributed by atoms with Gasteiger partial charge >= 0.3 is 0 Å². The Morgan fingerprint density at radius 2 is 1.78 bits per heavy atom. The van der Waals surface area contributed by atoms with Gasteiger partial charge < -0.3 is 4.74 Å². The smallest absolute Gasteiger partial charge is 0.294 e. The molecule has 6 rings (SSSR count). The Kier molecular flexibility index (Phi) is 5.82. The zero-order valence-corrected chi connectivity index (χ0v) is 23.7. The SMILES string of the molecule is CCC1(CC)CCC(c2cccc3c2nc2c([n+]3C)-c3c(C)c(C)cc4cc(C(C)C)cc(c34)O2)CC1. The van der Waals surface area contributed by atoms with Crippen molar-refractivity contribution in [2.24, 2.45) is 12.5 Å². The molecule has 3 nitrogen and oxygen atoms in total. The highest BCUT2D eigenvalue weighted by Gasteiger charge is 2.36. The van der Waals surface area contributed by atoms with Crippen molar-refractivity contribution in [2.75, 3.05) is 0 Å². The number of hydrogen-bond donors (Lipinski definition) is 0. The lowest BCUT2D eigenvalue weighted by molar-refractivity contribution is -0.634. The van der Waals surface area contributed by atoms with Crippen LogP contribution in [0.3, 0.4) is 0 Å². The van der Waals surface area contributed by atoms with E-state index in [0.717, 1.165) is 22.8 Å². The molecule has 192 valence electrons. The quantitative estimate of drug-likeness (QED) is 0.233. The first-order valence-electron chi connectivity index (χ1n) is 14.4. The van der Waals surface area contributed by atoms with Gasteiger partial charge in [-0.15, -0.1) is 0 Å². The van der Waals surface area contributed by atoms with Crippen molar-refractivity contribution in [3.63, 3.8) is 0 Å². The summed E-state index contributed by atoms with van der Waals surface area (Å²) in [6, 6.07) is 13.7. The summed E-state index contributed by atoms with van der Waals surface area (Å²) in [5.41, 5.74) is 10.5. The molecular formula is C34H41N2O+. The fourth-order valence-corrected chi connectivity index (χ4v) is 7.11. The predicted molar refractivity (Wildman–Crippen MR) is 154 cm³/mol. The Morgan fingerprint density at radius 1 is 1.05 bits per heavy atom. The molecule has 0 amide bonds. The number of aryl methyl sites for hydroxylation is 2. The normalized spacial score (nSPS) is 16.9. The van der Waals surface area contributed by atoms with Crippen LogP contribution in [-0.2, 0) is 7.05 Å². The summed E-state index contributed by atoms with van der Waals surface area (Å²) in [7, 11) is 2.19. The molecule has 0 bridgehead atoms. The van der Waals surface area contributed by atoms with Gasteiger partial charge in [0.2, 0.25) is 5.52 Å². The first-order chi connectivity index (χ1) is 17.8. The number of rotatable bonds is 4. The molecule has 2 heterocycles. The molecule has 37 heavy (non-hydrogen) atoms. The van der Waals surface area contributed by atoms with Gasteiger partial charge in [-0.2, -0.15) is 4.57 Å². The van der Waals surface area contributed by atoms with E-state index in [-0.39, 0.29) is 0 Å². The lowest BCUT2D eigenvalue weighted by atomic mass is 9.66. The number of fused-ring (bicyclic) bond motifs is 3. The summed E-state index contributed by atoms with van der Waals surface area (Å²) >= 11 is 0. The topological polar surface area (TPSA) is 26.0 Å². The second-order valence-electron chi connectivity index (χ2n) is 12.1. The second kappa shape index (κ2) is 8.82. The van der Waals surface area contributed by atoms with E-state index in [1.807, 2.05) is 0 Å². The number of nitrogens with zero attached hydrogens (tertiary/aromatic N) is 2. The van der Waals surface area contributed by atoms with Gasteiger partial charge in [0.15, 0.2) is 0 Å². The maximum absolute atomic E-state index is 6.70. The van der Waals surface area contributed by atoms with E-state index in [0.29, 0.717) is 17.3 Å². The van der Waals surface area contributed by atoms with Crippen LogP contribution >= 0.6 is 0 Å². The van der Waals surface area contributed by atoms with Crippen molar-refractivity contribution >= 4 is 21.8 Å². The standard InChI is InChI=1S/C34H41N2O/c1-8-34(9-2)15-13-23(14-16-34)26-11-10-12-27-31(26)35-33-32(36(27)7)29-22(6)21(5)17-25-18-24(20(3)4)19-28(37-33)30(25)29/h10-12,17-20,23H,8-9,13-16H2,1-7H3/q+1. The predicted octanol–water partition coefficient (Wildman–Crippen LogP) is 9.19. The van der Waals surface area contributed by atoms with Crippen LogP contribution in [0, 0.1) is 19.3 Å². The van der Waals surface area contributed by atoms with Crippen LogP contribution in [0.2, 0.25) is 0 Å². The molecule has 4 aromatic rings. The Bertz CT molecular complexity index is 1530. The molecule has 2 aliphatic rings. The summed E-state index contributed by atoms with van der Waals surface area (Å²) < 4.78 is 9.04. The molecular weight excluding hydrogens is 452 g/mol. The lowest BCUT2D eigenvalue weighted by Crippen LogP contribution is -2.35. The fraction of sp³-hybridized carbons (Fsp3) is 0.471. The third-order valence-corrected chi connectivity index (χ3v) is 10.00. The van der Waals surface area contributed by atoms with Gasteiger partial charge in [-0.1, -0.05) is 64.8 Å². The van der Waals surface area contributed by atoms with E-state index in [1.165, 1.54) is 82.6 Å². The Labute approximate surface area is 221 Å². The average molecular weight is 494 g/mol. The van der Waals surface area contributed by atoms with Crippen LogP contribution in [0.1, 0.15) is 100 Å². The molecule has 0 N–H and O–H groups in total. The van der Waals surface area contributed by atoms with Crippen LogP contribution in [0.15, 0.2) is 36.4 Å². The fourth-order valence-electron chi connectivity index (χ4n) is 7.11. The van der Waals surface area contributed by atoms with Gasteiger partial charge in [0.1, 0.15) is 18.3 Å². The molecule has 0 spiro atoms. The van der Waals surface area contributed by atoms with E-state index in [4.69, 9.17) is 9.72 Å². The summed E-state index contributed by atoms with van der Waals surface area (Å²) in [6.07, 6.45) is 7.73. The Morgan fingerprint density at radius 3 is 2.46 bits per heavy atom. The maximum atomic E-state index is 6.70. The van der Waals surface area contributed by atoms with Crippen LogP contribution < -0.4 is 9.30 Å². The van der Waals surface area contributed by atoms with Crippen molar-refractivity contribution in [3.05, 3.63) is 58.7 Å². The molecule has 1 saturated carbocycles. The van der Waals surface area contributed by atoms with Gasteiger partial charge in [0.05, 0.1) is 5.56 Å². The van der Waals surface area contributed by atoms with Crippen LogP contribution in [0.5, 0.6) is 11.6 Å². The zero-order valence-electron chi connectivity index (χ0n) is 23.7. The van der Waals surface area contributed by atoms with Gasteiger partial charge in [0, 0.05) is 11.5 Å². The van der Waals surface area contributed by atoms with Gasteiger partial charge in [-0.25, -0.2) is 4.98 Å². The zero-order chi connectivity index (χ0) is 26.1. The largest absolute Gasteiger partial charge is 0.433 e. The van der Waals surface area contributed by atoms with Crippen molar-refractivity contribution in [2.45, 2.75) is 91.9 Å². The molecule has 0 unspecified atom stereocenters. The molecule has 3 heteroatoms. The molecule has 1 aromatic heterocycles. The van der Waals surface area contributed by atoms with Gasteiger partial charge in [-0.05, 0) is 90.5 Å². The number of para-hydroxylation sites is 1. The summed E-state index contributed by atoms with van der Waals surface area (Å²) in [5, 5.41) is 2.48. The first kappa shape index (κ1) is 24.4. The van der Waals surface area contributed by atoms with Crippen molar-refractivity contribution < 1.29 is 9.30 Å². The highest BCUT2D eigenvalue weighted by atomic mass is 16.5. The van der Waals surface area contributed by atoms with Gasteiger partial charge in [-0.3, -0.25) is 0 Å². The van der Waals surface area contributed by atoms with Crippen LogP contribution in [0.25, 0.3) is 33.1 Å². The highest BCUT2D eigenvalue weighted by Crippen LogP contribution is 2.50. The molecule has 1 fully saturated rings. The average Bonchev–Trinajstić information content (AvgIpc) is 2.90. The third kappa shape index (κ3) is 3.68. The van der Waals surface area contributed by atoms with Gasteiger partial charge in [0.25, 0.3) is 11.6 Å². The summed E-state index contributed by atoms with van der Waals surface area (Å²) in [5.74, 6) is 2.70. The second-order valence-corrected chi connectivity index (χ2v) is 12.1. The molecule has 0 atom stereocenters.